The third kappa shape index (κ3) is 9.63. The molecule has 0 radical (unpaired) electrons. The Morgan fingerprint density at radius 2 is 0.848 bits per heavy atom. The van der Waals surface area contributed by atoms with Gasteiger partial charge in [0.1, 0.15) is 18.3 Å². The van der Waals surface area contributed by atoms with Gasteiger partial charge in [-0.05, 0) is 42.5 Å². The molecular weight excluding hydrogens is 1070 g/mol. The number of phenols is 17. The Labute approximate surface area is 434 Å². The van der Waals surface area contributed by atoms with Gasteiger partial charge in [0.2, 0.25) is 35.4 Å². The van der Waals surface area contributed by atoms with Gasteiger partial charge in [-0.1, -0.05) is 0 Å². The molecule has 8 rings (SSSR count). The standard InChI is InChI=1S/C48H34O31/c49-17-1-11(2-18(50)29(17)57)43(68)77-40-39-26(75-48(79-45(70)13-5-21(53)31(59)22(54)6-13)41(40)78-44(69)12-3-19(51)30(58)20(52)4-12)10-73-46(71)14-7-23(55)32(60)35(63)27(14)28-15(47(72)76-39)9-25(34(62)36(28)64)74-38-16(42(66)67)8-24(56)33(61)37(38)65/h1-9,26,39-41,48-65H,10H2,(H,66,67). The molecule has 31 heteroatoms. The Morgan fingerprint density at radius 1 is 0.443 bits per heavy atom. The van der Waals surface area contributed by atoms with Gasteiger partial charge in [-0.2, -0.15) is 0 Å². The van der Waals surface area contributed by atoms with Gasteiger partial charge < -0.3 is 125 Å². The van der Waals surface area contributed by atoms with E-state index >= 15 is 4.79 Å². The number of carboxylic acid groups (broad SMARTS) is 1. The molecular formula is C48H34O31. The molecule has 5 atom stereocenters. The number of ether oxygens (including phenoxy) is 7. The van der Waals surface area contributed by atoms with Crippen LogP contribution >= 0.6 is 0 Å². The molecule has 1 fully saturated rings. The van der Waals surface area contributed by atoms with Gasteiger partial charge >= 0.3 is 35.8 Å². The van der Waals surface area contributed by atoms with Crippen LogP contribution < -0.4 is 4.74 Å². The fourth-order valence-corrected chi connectivity index (χ4v) is 7.84. The minimum atomic E-state index is -2.70. The molecule has 2 aliphatic rings. The van der Waals surface area contributed by atoms with Crippen LogP contribution in [0, 0.1) is 0 Å². The first-order valence-corrected chi connectivity index (χ1v) is 21.6. The van der Waals surface area contributed by atoms with Crippen molar-refractivity contribution in [2.45, 2.75) is 30.7 Å². The Bertz CT molecular complexity index is 3550. The lowest BCUT2D eigenvalue weighted by molar-refractivity contribution is -0.282. The highest BCUT2D eigenvalue weighted by Gasteiger charge is 2.55. The third-order valence-corrected chi connectivity index (χ3v) is 11.7. The lowest BCUT2D eigenvalue weighted by Gasteiger charge is -2.43. The van der Waals surface area contributed by atoms with Crippen LogP contribution in [-0.4, -0.2) is 165 Å². The SMILES string of the molecule is O=C(OC1OC2COC(=O)c3cc(O)c(O)c(O)c3-c3c(cc(Oc4c(C(=O)O)cc(O)c(O)c4O)c(O)c3O)C(=O)OC2C(OC(=O)c2cc(O)c(O)c(O)c2)C1OC(=O)c1cc(O)c(O)c(O)c1)c1cc(O)c(O)c(O)c1. The molecule has 1 saturated heterocycles. The Morgan fingerprint density at radius 3 is 1.33 bits per heavy atom. The molecule has 0 spiro atoms. The van der Waals surface area contributed by atoms with Crippen molar-refractivity contribution in [1.82, 2.24) is 0 Å². The van der Waals surface area contributed by atoms with Crippen molar-refractivity contribution in [2.75, 3.05) is 6.61 Å². The molecule has 2 heterocycles. The summed E-state index contributed by atoms with van der Waals surface area (Å²) in [7, 11) is 0. The van der Waals surface area contributed by atoms with Crippen LogP contribution in [-0.2, 0) is 28.4 Å². The van der Waals surface area contributed by atoms with E-state index in [4.69, 9.17) is 33.2 Å². The first kappa shape index (κ1) is 53.8. The molecule has 6 aromatic rings. The average molecular weight is 1110 g/mol. The number of carbonyl (C=O) groups excluding carboxylic acids is 5. The zero-order valence-corrected chi connectivity index (χ0v) is 38.6. The normalized spacial score (nSPS) is 17.7. The summed E-state index contributed by atoms with van der Waals surface area (Å²) >= 11 is 0. The first-order valence-electron chi connectivity index (χ1n) is 21.6. The van der Waals surface area contributed by atoms with Crippen LogP contribution in [0.4, 0.5) is 0 Å². The van der Waals surface area contributed by atoms with Gasteiger partial charge in [-0.15, -0.1) is 0 Å². The maximum atomic E-state index is 15.0. The Hall–Kier alpha value is -11.5. The summed E-state index contributed by atoms with van der Waals surface area (Å²) in [6, 6.07) is 3.99. The number of fused-ring (bicyclic) bond motifs is 4. The predicted molar refractivity (Wildman–Crippen MR) is 245 cm³/mol. The Kier molecular flexibility index (Phi) is 13.6. The van der Waals surface area contributed by atoms with Gasteiger partial charge in [-0.3, -0.25) is 0 Å². The van der Waals surface area contributed by atoms with Crippen molar-refractivity contribution >= 4 is 35.8 Å². The van der Waals surface area contributed by atoms with E-state index in [0.29, 0.717) is 54.6 Å². The third-order valence-electron chi connectivity index (χ3n) is 11.7. The number of cyclic esters (lactones) is 1. The maximum absolute atomic E-state index is 15.0. The summed E-state index contributed by atoms with van der Waals surface area (Å²) in [5.41, 5.74) is -8.74. The van der Waals surface area contributed by atoms with Crippen molar-refractivity contribution in [3.8, 4) is 120 Å². The second-order valence-electron chi connectivity index (χ2n) is 16.6. The highest BCUT2D eigenvalue weighted by Crippen LogP contribution is 2.55. The summed E-state index contributed by atoms with van der Waals surface area (Å²) in [5.74, 6) is -35.9. The van der Waals surface area contributed by atoms with Crippen molar-refractivity contribution in [1.29, 1.82) is 0 Å². The minimum absolute atomic E-state index is 0.314. The zero-order valence-electron chi connectivity index (χ0n) is 38.6. The molecule has 79 heavy (non-hydrogen) atoms. The highest BCUT2D eigenvalue weighted by atomic mass is 16.7. The lowest BCUT2D eigenvalue weighted by Crippen LogP contribution is -2.63. The minimum Gasteiger partial charge on any atom is -0.504 e. The number of hydrogen-bond acceptors (Lipinski definition) is 30. The van der Waals surface area contributed by atoms with Crippen LogP contribution in [0.15, 0.2) is 54.6 Å². The smallest absolute Gasteiger partial charge is 0.340 e. The van der Waals surface area contributed by atoms with E-state index in [-0.39, 0.29) is 0 Å². The number of benzene rings is 6. The van der Waals surface area contributed by atoms with E-state index in [9.17, 15) is 116 Å². The maximum Gasteiger partial charge on any atom is 0.340 e. The van der Waals surface area contributed by atoms with Crippen LogP contribution in [0.2, 0.25) is 0 Å². The average Bonchev–Trinajstić information content (AvgIpc) is 3.64. The molecule has 0 amide bonds. The first-order chi connectivity index (χ1) is 37.1. The van der Waals surface area contributed by atoms with Gasteiger partial charge in [0, 0.05) is 23.3 Å². The van der Waals surface area contributed by atoms with E-state index < -0.39 is 227 Å². The molecule has 5 unspecified atom stereocenters. The highest BCUT2D eigenvalue weighted by molar-refractivity contribution is 6.08. The Balaban J connectivity index is 1.37. The number of phenolic OH excluding ortho intramolecular Hbond substituents is 17. The van der Waals surface area contributed by atoms with Gasteiger partial charge in [0.05, 0.1) is 27.8 Å². The fourth-order valence-electron chi connectivity index (χ4n) is 7.84. The number of aromatic carboxylic acids is 1. The van der Waals surface area contributed by atoms with Gasteiger partial charge in [-0.25, -0.2) is 28.8 Å². The number of rotatable bonds is 9. The number of esters is 5. The quantitative estimate of drug-likeness (QED) is 0.0562. The number of carboxylic acids is 1. The van der Waals surface area contributed by atoms with Gasteiger partial charge in [0.15, 0.2) is 98.5 Å². The van der Waals surface area contributed by atoms with Crippen LogP contribution in [0.3, 0.4) is 0 Å². The van der Waals surface area contributed by atoms with Crippen LogP contribution in [0.1, 0.15) is 62.1 Å². The number of carbonyl (C=O) groups is 6. The fraction of sp³-hybridized carbons (Fsp3) is 0.125. The van der Waals surface area contributed by atoms with Crippen LogP contribution in [0.25, 0.3) is 11.1 Å². The molecule has 18 N–H and O–H groups in total. The van der Waals surface area contributed by atoms with Gasteiger partial charge in [0.25, 0.3) is 0 Å². The molecule has 2 aliphatic heterocycles. The van der Waals surface area contributed by atoms with E-state index in [2.05, 4.69) is 0 Å². The lowest BCUT2D eigenvalue weighted by atomic mass is 9.91. The summed E-state index contributed by atoms with van der Waals surface area (Å²) < 4.78 is 39.1. The topological polar surface area (TPSA) is 531 Å². The zero-order chi connectivity index (χ0) is 58.0. The molecule has 0 aliphatic carbocycles. The van der Waals surface area contributed by atoms with Crippen molar-refractivity contribution < 1.29 is 154 Å². The second kappa shape index (κ2) is 20.0. The largest absolute Gasteiger partial charge is 0.504 e. The summed E-state index contributed by atoms with van der Waals surface area (Å²) in [5, 5.41) is 188. The predicted octanol–water partition coefficient (Wildman–Crippen LogP) is 2.57. The molecule has 0 saturated carbocycles. The molecule has 412 valence electrons. The number of hydrogen-bond donors (Lipinski definition) is 18. The number of aromatic hydroxyl groups is 17. The second-order valence-corrected chi connectivity index (χ2v) is 16.6. The summed E-state index contributed by atoms with van der Waals surface area (Å²) in [4.78, 5) is 83.5. The molecule has 0 aromatic heterocycles. The van der Waals surface area contributed by atoms with Crippen molar-refractivity contribution in [2.24, 2.45) is 0 Å². The molecule has 0 bridgehead atoms. The van der Waals surface area contributed by atoms with Crippen molar-refractivity contribution in [3.63, 3.8) is 0 Å². The van der Waals surface area contributed by atoms with E-state index in [0.717, 1.165) is 0 Å². The monoisotopic (exact) mass is 1110 g/mol. The summed E-state index contributed by atoms with van der Waals surface area (Å²) in [6.45, 7) is -1.38. The molecule has 6 aromatic carbocycles. The summed E-state index contributed by atoms with van der Waals surface area (Å²) in [6.07, 6.45) is -13.0. The van der Waals surface area contributed by atoms with E-state index in [1.165, 1.54) is 0 Å². The molecule has 31 nitrogen and oxygen atoms in total. The van der Waals surface area contributed by atoms with E-state index in [1.54, 1.807) is 0 Å². The van der Waals surface area contributed by atoms with Crippen molar-refractivity contribution in [3.05, 3.63) is 88.0 Å². The van der Waals surface area contributed by atoms with E-state index in [1.807, 2.05) is 0 Å². The van der Waals surface area contributed by atoms with Crippen LogP contribution in [0.5, 0.6) is 109 Å².